The van der Waals surface area contributed by atoms with E-state index >= 15 is 0 Å². The Morgan fingerprint density at radius 3 is 2.56 bits per heavy atom. The van der Waals surface area contributed by atoms with Crippen molar-refractivity contribution in [3.05, 3.63) is 29.8 Å². The van der Waals surface area contributed by atoms with Crippen molar-refractivity contribution in [1.82, 2.24) is 0 Å². The standard InChI is InChI=1S/C12H16BNO2/c1-3-10-8-13(10)14(2)11-6-4-9(5-7-11)12(15)16/h4-7,10H,3,8H2,1-2H3,(H,15,16). The van der Waals surface area contributed by atoms with Crippen molar-refractivity contribution in [2.45, 2.75) is 25.5 Å². The Bertz CT molecular complexity index is 391. The Hall–Kier alpha value is -1.45. The minimum absolute atomic E-state index is 0.347. The van der Waals surface area contributed by atoms with E-state index in [4.69, 9.17) is 5.11 Å². The molecule has 16 heavy (non-hydrogen) atoms. The van der Waals surface area contributed by atoms with Crippen LogP contribution in [0.3, 0.4) is 0 Å². The van der Waals surface area contributed by atoms with Crippen LogP contribution < -0.4 is 4.81 Å². The van der Waals surface area contributed by atoms with Crippen LogP contribution in [-0.4, -0.2) is 25.0 Å². The van der Waals surface area contributed by atoms with Crippen molar-refractivity contribution in [3.63, 3.8) is 0 Å². The largest absolute Gasteiger partial charge is 0.478 e. The van der Waals surface area contributed by atoms with Crippen molar-refractivity contribution >= 4 is 18.5 Å². The molecule has 0 radical (unpaired) electrons. The molecule has 1 aromatic carbocycles. The number of anilines is 1. The lowest BCUT2D eigenvalue weighted by Crippen LogP contribution is -2.24. The Morgan fingerprint density at radius 2 is 2.12 bits per heavy atom. The summed E-state index contributed by atoms with van der Waals surface area (Å²) in [6, 6.07) is 7.10. The van der Waals surface area contributed by atoms with E-state index in [1.54, 1.807) is 12.1 Å². The molecule has 0 bridgehead atoms. The van der Waals surface area contributed by atoms with Crippen LogP contribution in [-0.2, 0) is 0 Å². The Labute approximate surface area is 96.2 Å². The third kappa shape index (κ3) is 2.06. The Balaban J connectivity index is 2.07. The van der Waals surface area contributed by atoms with Crippen LogP contribution in [0.5, 0.6) is 0 Å². The number of carboxylic acid groups (broad SMARTS) is 1. The minimum Gasteiger partial charge on any atom is -0.478 e. The topological polar surface area (TPSA) is 40.5 Å². The lowest BCUT2D eigenvalue weighted by molar-refractivity contribution is 0.0697. The van der Waals surface area contributed by atoms with Gasteiger partial charge in [0.1, 0.15) is 0 Å². The zero-order chi connectivity index (χ0) is 11.7. The molecular formula is C12H16BNO2. The van der Waals surface area contributed by atoms with Crippen LogP contribution in [0.15, 0.2) is 24.3 Å². The maximum atomic E-state index is 10.7. The molecule has 0 saturated carbocycles. The van der Waals surface area contributed by atoms with E-state index in [1.165, 1.54) is 12.7 Å². The van der Waals surface area contributed by atoms with Crippen LogP contribution in [0, 0.1) is 0 Å². The monoisotopic (exact) mass is 217 g/mol. The van der Waals surface area contributed by atoms with Gasteiger partial charge in [0, 0.05) is 5.69 Å². The van der Waals surface area contributed by atoms with E-state index in [9.17, 15) is 4.79 Å². The predicted octanol–water partition coefficient (Wildman–Crippen LogP) is 2.61. The van der Waals surface area contributed by atoms with Crippen LogP contribution >= 0.6 is 0 Å². The molecule has 0 aliphatic carbocycles. The minimum atomic E-state index is -0.868. The van der Waals surface area contributed by atoms with Crippen molar-refractivity contribution in [2.75, 3.05) is 11.9 Å². The Morgan fingerprint density at radius 1 is 1.50 bits per heavy atom. The molecule has 3 nitrogen and oxygen atoms in total. The summed E-state index contributed by atoms with van der Waals surface area (Å²) in [5.41, 5.74) is 1.45. The predicted molar refractivity (Wildman–Crippen MR) is 66.4 cm³/mol. The van der Waals surface area contributed by atoms with Crippen LogP contribution in [0.25, 0.3) is 0 Å². The van der Waals surface area contributed by atoms with Gasteiger partial charge >= 0.3 is 5.97 Å². The molecule has 1 atom stereocenters. The molecule has 0 aromatic heterocycles. The summed E-state index contributed by atoms with van der Waals surface area (Å²) < 4.78 is 0. The molecule has 1 N–H and O–H groups in total. The van der Waals surface area contributed by atoms with Gasteiger partial charge in [-0.05, 0) is 37.1 Å². The maximum absolute atomic E-state index is 10.7. The molecule has 4 heteroatoms. The lowest BCUT2D eigenvalue weighted by Gasteiger charge is -2.18. The first-order valence-electron chi connectivity index (χ1n) is 5.69. The highest BCUT2D eigenvalue weighted by molar-refractivity contribution is 6.75. The molecule has 2 rings (SSSR count). The van der Waals surface area contributed by atoms with E-state index in [0.717, 1.165) is 11.5 Å². The zero-order valence-corrected chi connectivity index (χ0v) is 9.68. The van der Waals surface area contributed by atoms with E-state index in [0.29, 0.717) is 12.4 Å². The van der Waals surface area contributed by atoms with Gasteiger partial charge in [-0.2, -0.15) is 0 Å². The molecule has 1 fully saturated rings. The molecule has 1 heterocycles. The second-order valence-corrected chi connectivity index (χ2v) is 4.43. The Kier molecular flexibility index (Phi) is 2.90. The van der Waals surface area contributed by atoms with Crippen molar-refractivity contribution in [3.8, 4) is 0 Å². The summed E-state index contributed by atoms with van der Waals surface area (Å²) in [5, 5.41) is 8.80. The molecule has 0 spiro atoms. The van der Waals surface area contributed by atoms with E-state index in [-0.39, 0.29) is 0 Å². The normalized spacial score (nSPS) is 18.4. The summed E-state index contributed by atoms with van der Waals surface area (Å²) in [4.78, 5) is 13.0. The molecular weight excluding hydrogens is 201 g/mol. The van der Waals surface area contributed by atoms with Gasteiger partial charge in [-0.25, -0.2) is 4.79 Å². The summed E-state index contributed by atoms with van der Waals surface area (Å²) in [6.45, 7) is 2.85. The summed E-state index contributed by atoms with van der Waals surface area (Å²) in [5.74, 6) is -0.0591. The van der Waals surface area contributed by atoms with Gasteiger partial charge in [-0.15, -0.1) is 0 Å². The van der Waals surface area contributed by atoms with Gasteiger partial charge in [-0.1, -0.05) is 19.7 Å². The van der Waals surface area contributed by atoms with Crippen LogP contribution in [0.2, 0.25) is 12.1 Å². The fourth-order valence-corrected chi connectivity index (χ4v) is 2.18. The van der Waals surface area contributed by atoms with E-state index in [1.807, 2.05) is 12.1 Å². The third-order valence-corrected chi connectivity index (χ3v) is 3.43. The molecule has 1 aliphatic heterocycles. The zero-order valence-electron chi connectivity index (χ0n) is 9.68. The van der Waals surface area contributed by atoms with Gasteiger partial charge in [0.15, 0.2) is 0 Å². The number of rotatable bonds is 4. The molecule has 1 aromatic rings. The summed E-state index contributed by atoms with van der Waals surface area (Å²) in [7, 11) is 2.08. The second-order valence-electron chi connectivity index (χ2n) is 4.43. The molecule has 0 amide bonds. The summed E-state index contributed by atoms with van der Waals surface area (Å²) >= 11 is 0. The number of hydrogen-bond donors (Lipinski definition) is 1. The van der Waals surface area contributed by atoms with Crippen molar-refractivity contribution in [1.29, 1.82) is 0 Å². The number of benzene rings is 1. The quantitative estimate of drug-likeness (QED) is 0.788. The van der Waals surface area contributed by atoms with Crippen molar-refractivity contribution in [2.24, 2.45) is 0 Å². The number of carbonyl (C=O) groups is 1. The second kappa shape index (κ2) is 4.20. The SMILES string of the molecule is CCC1CB1N(C)c1ccc(C(=O)O)cc1. The van der Waals surface area contributed by atoms with Gasteiger partial charge in [-0.3, -0.25) is 0 Å². The van der Waals surface area contributed by atoms with E-state index < -0.39 is 5.97 Å². The van der Waals surface area contributed by atoms with Gasteiger partial charge < -0.3 is 9.92 Å². The maximum Gasteiger partial charge on any atom is 0.335 e. The third-order valence-electron chi connectivity index (χ3n) is 3.43. The molecule has 1 aliphatic rings. The number of hydrogen-bond acceptors (Lipinski definition) is 2. The molecule has 1 unspecified atom stereocenters. The first kappa shape index (κ1) is 11.1. The van der Waals surface area contributed by atoms with Gasteiger partial charge in [0.25, 0.3) is 6.85 Å². The highest BCUT2D eigenvalue weighted by Gasteiger charge is 2.43. The van der Waals surface area contributed by atoms with Crippen LogP contribution in [0.1, 0.15) is 23.7 Å². The highest BCUT2D eigenvalue weighted by atomic mass is 16.4. The van der Waals surface area contributed by atoms with Crippen LogP contribution in [0.4, 0.5) is 5.69 Å². The smallest absolute Gasteiger partial charge is 0.335 e. The fraction of sp³-hybridized carbons (Fsp3) is 0.417. The lowest BCUT2D eigenvalue weighted by atomic mass is 9.79. The fourth-order valence-electron chi connectivity index (χ4n) is 2.18. The first-order chi connectivity index (χ1) is 7.63. The molecule has 1 saturated heterocycles. The average Bonchev–Trinajstić information content (AvgIpc) is 3.07. The number of aromatic carboxylic acids is 1. The average molecular weight is 217 g/mol. The molecule has 84 valence electrons. The van der Waals surface area contributed by atoms with E-state index in [2.05, 4.69) is 18.8 Å². The summed E-state index contributed by atoms with van der Waals surface area (Å²) in [6.07, 6.45) is 2.48. The highest BCUT2D eigenvalue weighted by Crippen LogP contribution is 2.43. The van der Waals surface area contributed by atoms with Gasteiger partial charge in [0.2, 0.25) is 0 Å². The van der Waals surface area contributed by atoms with Crippen molar-refractivity contribution < 1.29 is 9.90 Å². The number of carboxylic acids is 1. The van der Waals surface area contributed by atoms with Gasteiger partial charge in [0.05, 0.1) is 5.56 Å². The first-order valence-corrected chi connectivity index (χ1v) is 5.69. The number of nitrogens with zero attached hydrogens (tertiary/aromatic N) is 1.